The molecule has 0 aromatic carbocycles. The highest BCUT2D eigenvalue weighted by Crippen LogP contribution is 2.06. The minimum Gasteiger partial charge on any atom is -0.247 e. The largest absolute Gasteiger partial charge is 0.336 e. The Labute approximate surface area is 99.1 Å². The summed E-state index contributed by atoms with van der Waals surface area (Å²) < 4.78 is 3.29. The van der Waals surface area contributed by atoms with Crippen LogP contribution in [0.4, 0.5) is 0 Å². The Bertz CT molecular complexity index is 542. The van der Waals surface area contributed by atoms with Gasteiger partial charge in [-0.3, -0.25) is 0 Å². The Morgan fingerprint density at radius 2 is 1.18 bits per heavy atom. The van der Waals surface area contributed by atoms with Crippen molar-refractivity contribution in [3.05, 3.63) is 31.5 Å². The minimum atomic E-state index is -0.643. The molecule has 0 spiro atoms. The van der Waals surface area contributed by atoms with Crippen LogP contribution >= 0.6 is 0 Å². The highest BCUT2D eigenvalue weighted by atomic mass is 16.2. The standard InChI is InChI=1S/C11H19N3O3/c1-6-12-8(15)13(7-2)10(17)14(9(12)16)11(3,4)5/h6-7H2,1-5H3. The summed E-state index contributed by atoms with van der Waals surface area (Å²) in [5, 5.41) is 0. The summed E-state index contributed by atoms with van der Waals surface area (Å²) in [6.45, 7) is 9.23. The van der Waals surface area contributed by atoms with E-state index in [1.807, 2.05) is 0 Å². The van der Waals surface area contributed by atoms with E-state index in [4.69, 9.17) is 0 Å². The van der Waals surface area contributed by atoms with Crippen molar-refractivity contribution in [2.24, 2.45) is 0 Å². The number of nitrogens with zero attached hydrogens (tertiary/aromatic N) is 3. The fraction of sp³-hybridized carbons (Fsp3) is 0.727. The lowest BCUT2D eigenvalue weighted by atomic mass is 10.1. The fourth-order valence-electron chi connectivity index (χ4n) is 1.75. The van der Waals surface area contributed by atoms with Crippen LogP contribution in [0.25, 0.3) is 0 Å². The van der Waals surface area contributed by atoms with Crippen molar-refractivity contribution in [3.8, 4) is 0 Å². The van der Waals surface area contributed by atoms with E-state index in [1.54, 1.807) is 34.6 Å². The van der Waals surface area contributed by atoms with Crippen LogP contribution in [-0.4, -0.2) is 13.7 Å². The summed E-state index contributed by atoms with van der Waals surface area (Å²) in [7, 11) is 0. The Kier molecular flexibility index (Phi) is 3.45. The molecule has 1 rings (SSSR count). The lowest BCUT2D eigenvalue weighted by molar-refractivity contribution is 0.323. The van der Waals surface area contributed by atoms with Gasteiger partial charge in [-0.1, -0.05) is 0 Å². The van der Waals surface area contributed by atoms with E-state index in [2.05, 4.69) is 0 Å². The van der Waals surface area contributed by atoms with E-state index in [9.17, 15) is 14.4 Å². The third kappa shape index (κ3) is 2.11. The van der Waals surface area contributed by atoms with Gasteiger partial charge in [-0.2, -0.15) is 0 Å². The minimum absolute atomic E-state index is 0.258. The second-order valence-corrected chi connectivity index (χ2v) is 4.84. The quantitative estimate of drug-likeness (QED) is 0.730. The zero-order valence-electron chi connectivity index (χ0n) is 11.0. The molecule has 6 heteroatoms. The van der Waals surface area contributed by atoms with Crippen LogP contribution in [0.5, 0.6) is 0 Å². The van der Waals surface area contributed by atoms with E-state index >= 15 is 0 Å². The Hall–Kier alpha value is -1.59. The molecule has 0 atom stereocenters. The monoisotopic (exact) mass is 241 g/mol. The number of aromatic nitrogens is 3. The molecule has 0 amide bonds. The van der Waals surface area contributed by atoms with Gasteiger partial charge in [0.1, 0.15) is 0 Å². The van der Waals surface area contributed by atoms with Crippen molar-refractivity contribution in [2.45, 2.75) is 53.2 Å². The zero-order valence-corrected chi connectivity index (χ0v) is 11.0. The van der Waals surface area contributed by atoms with Crippen molar-refractivity contribution in [1.82, 2.24) is 13.7 Å². The fourth-order valence-corrected chi connectivity index (χ4v) is 1.75. The lowest BCUT2D eigenvalue weighted by Gasteiger charge is -2.22. The number of rotatable bonds is 2. The molecular formula is C11H19N3O3. The molecule has 1 aromatic rings. The first-order valence-corrected chi connectivity index (χ1v) is 5.72. The van der Waals surface area contributed by atoms with E-state index in [0.29, 0.717) is 0 Å². The number of hydrogen-bond acceptors (Lipinski definition) is 3. The van der Waals surface area contributed by atoms with Gasteiger partial charge < -0.3 is 0 Å². The average molecular weight is 241 g/mol. The van der Waals surface area contributed by atoms with Gasteiger partial charge in [0.2, 0.25) is 0 Å². The van der Waals surface area contributed by atoms with Gasteiger partial charge in [0.05, 0.1) is 0 Å². The predicted octanol–water partition coefficient (Wildman–Crippen LogP) is -0.0335. The van der Waals surface area contributed by atoms with E-state index < -0.39 is 22.6 Å². The van der Waals surface area contributed by atoms with Crippen molar-refractivity contribution < 1.29 is 0 Å². The molecular weight excluding hydrogens is 222 g/mol. The molecule has 1 heterocycles. The highest BCUT2D eigenvalue weighted by molar-refractivity contribution is 4.84. The van der Waals surface area contributed by atoms with Gasteiger partial charge in [-0.15, -0.1) is 0 Å². The van der Waals surface area contributed by atoms with Gasteiger partial charge in [-0.25, -0.2) is 28.1 Å². The summed E-state index contributed by atoms with van der Waals surface area (Å²) in [6.07, 6.45) is 0. The van der Waals surface area contributed by atoms with Gasteiger partial charge in [0, 0.05) is 18.6 Å². The van der Waals surface area contributed by atoms with Crippen LogP contribution in [0.2, 0.25) is 0 Å². The van der Waals surface area contributed by atoms with Gasteiger partial charge in [0.25, 0.3) is 0 Å². The Morgan fingerprint density at radius 1 is 0.824 bits per heavy atom. The third-order valence-corrected chi connectivity index (χ3v) is 2.61. The molecule has 96 valence electrons. The van der Waals surface area contributed by atoms with E-state index in [0.717, 1.165) is 13.7 Å². The molecule has 0 radical (unpaired) electrons. The third-order valence-electron chi connectivity index (χ3n) is 2.61. The normalized spacial score (nSPS) is 11.8. The molecule has 17 heavy (non-hydrogen) atoms. The maximum absolute atomic E-state index is 12.1. The first-order chi connectivity index (χ1) is 7.75. The second kappa shape index (κ2) is 4.35. The van der Waals surface area contributed by atoms with Crippen LogP contribution in [0.1, 0.15) is 34.6 Å². The Morgan fingerprint density at radius 3 is 1.41 bits per heavy atom. The molecule has 0 aliphatic carbocycles. The Balaban J connectivity index is 3.94. The van der Waals surface area contributed by atoms with Crippen LogP contribution in [-0.2, 0) is 18.6 Å². The molecule has 0 fully saturated rings. The molecule has 0 saturated carbocycles. The van der Waals surface area contributed by atoms with Crippen LogP contribution in [0.15, 0.2) is 14.4 Å². The summed E-state index contributed by atoms with van der Waals surface area (Å²) in [5.41, 5.74) is -2.26. The van der Waals surface area contributed by atoms with Crippen molar-refractivity contribution in [3.63, 3.8) is 0 Å². The first kappa shape index (κ1) is 13.5. The van der Waals surface area contributed by atoms with E-state index in [-0.39, 0.29) is 13.1 Å². The maximum atomic E-state index is 12.1. The molecule has 0 aliphatic heterocycles. The van der Waals surface area contributed by atoms with Crippen molar-refractivity contribution >= 4 is 0 Å². The zero-order chi connectivity index (χ0) is 13.4. The smallest absolute Gasteiger partial charge is 0.247 e. The molecule has 1 aromatic heterocycles. The molecule has 0 bridgehead atoms. The molecule has 0 N–H and O–H groups in total. The van der Waals surface area contributed by atoms with Gasteiger partial charge in [-0.05, 0) is 34.6 Å². The molecule has 6 nitrogen and oxygen atoms in total. The van der Waals surface area contributed by atoms with Gasteiger partial charge >= 0.3 is 17.1 Å². The van der Waals surface area contributed by atoms with Crippen molar-refractivity contribution in [1.29, 1.82) is 0 Å². The van der Waals surface area contributed by atoms with E-state index in [1.165, 1.54) is 0 Å². The summed E-state index contributed by atoms with van der Waals surface area (Å²) in [4.78, 5) is 36.0. The van der Waals surface area contributed by atoms with Gasteiger partial charge in [0.15, 0.2) is 0 Å². The summed E-state index contributed by atoms with van der Waals surface area (Å²) >= 11 is 0. The topological polar surface area (TPSA) is 66.0 Å². The van der Waals surface area contributed by atoms with Crippen LogP contribution < -0.4 is 17.1 Å². The SMILES string of the molecule is CCn1c(=O)n(CC)c(=O)n(C(C)(C)C)c1=O. The number of hydrogen-bond donors (Lipinski definition) is 0. The first-order valence-electron chi connectivity index (χ1n) is 5.72. The second-order valence-electron chi connectivity index (χ2n) is 4.84. The molecule has 0 aliphatic rings. The van der Waals surface area contributed by atoms with Crippen LogP contribution in [0, 0.1) is 0 Å². The van der Waals surface area contributed by atoms with Crippen LogP contribution in [0.3, 0.4) is 0 Å². The molecule has 0 saturated heterocycles. The molecule has 0 unspecified atom stereocenters. The maximum Gasteiger partial charge on any atom is 0.336 e. The highest BCUT2D eigenvalue weighted by Gasteiger charge is 2.22. The van der Waals surface area contributed by atoms with Crippen molar-refractivity contribution in [2.75, 3.05) is 0 Å². The summed E-state index contributed by atoms with van der Waals surface area (Å²) in [6, 6.07) is 0. The lowest BCUT2D eigenvalue weighted by Crippen LogP contribution is -2.58. The summed E-state index contributed by atoms with van der Waals surface area (Å²) in [5.74, 6) is 0. The predicted molar refractivity (Wildman–Crippen MR) is 65.6 cm³/mol. The average Bonchev–Trinajstić information content (AvgIpc) is 2.16.